The molecular formula is C34H19N3O4. The molecule has 4 amide bonds. The molecule has 5 rings (SSSR count). The van der Waals surface area contributed by atoms with Gasteiger partial charge in [-0.25, -0.2) is 4.90 Å². The summed E-state index contributed by atoms with van der Waals surface area (Å²) in [6.07, 6.45) is 16.3. The molecule has 1 heterocycles. The number of imide groups is 1. The minimum absolute atomic E-state index is 0.0391. The highest BCUT2D eigenvalue weighted by atomic mass is 16.2. The first-order valence-corrected chi connectivity index (χ1v) is 12.2. The molecule has 194 valence electrons. The van der Waals surface area contributed by atoms with Crippen LogP contribution in [0.3, 0.4) is 0 Å². The molecule has 0 aromatic heterocycles. The fraction of sp³-hybridized carbons (Fsp3) is 0. The summed E-state index contributed by atoms with van der Waals surface area (Å²) in [6.45, 7) is 0. The van der Waals surface area contributed by atoms with Gasteiger partial charge >= 0.3 is 0 Å². The topological polar surface area (TPSA) is 95.6 Å². The zero-order chi connectivity index (χ0) is 29.1. The third-order valence-corrected chi connectivity index (χ3v) is 6.37. The highest BCUT2D eigenvalue weighted by Gasteiger charge is 2.37. The Morgan fingerprint density at radius 1 is 0.561 bits per heavy atom. The molecule has 0 bridgehead atoms. The first-order valence-electron chi connectivity index (χ1n) is 12.2. The molecule has 0 aliphatic carbocycles. The predicted molar refractivity (Wildman–Crippen MR) is 157 cm³/mol. The van der Waals surface area contributed by atoms with E-state index in [0.717, 1.165) is 4.90 Å². The molecule has 7 heteroatoms. The molecule has 7 nitrogen and oxygen atoms in total. The lowest BCUT2D eigenvalue weighted by Gasteiger charge is -2.17. The Bertz CT molecular complexity index is 1790. The Morgan fingerprint density at radius 2 is 1.00 bits per heavy atom. The second-order valence-electron chi connectivity index (χ2n) is 8.97. The van der Waals surface area contributed by atoms with Gasteiger partial charge in [-0.05, 0) is 84.9 Å². The van der Waals surface area contributed by atoms with Gasteiger partial charge in [-0.15, -0.1) is 19.3 Å². The third kappa shape index (κ3) is 5.18. The van der Waals surface area contributed by atoms with Crippen molar-refractivity contribution in [2.24, 2.45) is 0 Å². The van der Waals surface area contributed by atoms with E-state index in [9.17, 15) is 19.2 Å². The van der Waals surface area contributed by atoms with Crippen molar-refractivity contribution in [2.75, 3.05) is 15.5 Å². The van der Waals surface area contributed by atoms with Crippen LogP contribution in [0.25, 0.3) is 0 Å². The van der Waals surface area contributed by atoms with E-state index < -0.39 is 23.6 Å². The number of terminal acetylenes is 3. The minimum Gasteiger partial charge on any atom is -0.322 e. The van der Waals surface area contributed by atoms with Gasteiger partial charge in [0.25, 0.3) is 23.6 Å². The number of anilines is 3. The van der Waals surface area contributed by atoms with Crippen molar-refractivity contribution in [1.29, 1.82) is 0 Å². The van der Waals surface area contributed by atoms with Crippen LogP contribution >= 0.6 is 0 Å². The van der Waals surface area contributed by atoms with E-state index in [-0.39, 0.29) is 27.9 Å². The summed E-state index contributed by atoms with van der Waals surface area (Å²) < 4.78 is 0. The van der Waals surface area contributed by atoms with Crippen LogP contribution in [0.4, 0.5) is 17.1 Å². The molecule has 1 aliphatic rings. The van der Waals surface area contributed by atoms with Crippen LogP contribution in [-0.4, -0.2) is 23.6 Å². The fourth-order valence-corrected chi connectivity index (χ4v) is 4.27. The van der Waals surface area contributed by atoms with Crippen molar-refractivity contribution < 1.29 is 19.2 Å². The van der Waals surface area contributed by atoms with Gasteiger partial charge in [-0.1, -0.05) is 17.8 Å². The summed E-state index contributed by atoms with van der Waals surface area (Å²) in [5.41, 5.74) is 3.05. The lowest BCUT2D eigenvalue weighted by Crippen LogP contribution is -2.30. The van der Waals surface area contributed by atoms with E-state index in [1.807, 2.05) is 0 Å². The molecule has 0 radical (unpaired) electrons. The first kappa shape index (κ1) is 26.3. The number of rotatable bonds is 5. The van der Waals surface area contributed by atoms with E-state index in [0.29, 0.717) is 28.1 Å². The molecule has 0 atom stereocenters. The van der Waals surface area contributed by atoms with Crippen LogP contribution in [-0.2, 0) is 0 Å². The van der Waals surface area contributed by atoms with Crippen LogP contribution in [0.1, 0.15) is 58.1 Å². The van der Waals surface area contributed by atoms with E-state index in [1.165, 1.54) is 30.3 Å². The van der Waals surface area contributed by atoms with Crippen molar-refractivity contribution in [2.45, 2.75) is 0 Å². The van der Waals surface area contributed by atoms with E-state index in [1.54, 1.807) is 54.6 Å². The number of nitrogens with zero attached hydrogens (tertiary/aromatic N) is 1. The molecular weight excluding hydrogens is 514 g/mol. The van der Waals surface area contributed by atoms with Crippen LogP contribution < -0.4 is 15.5 Å². The van der Waals surface area contributed by atoms with Crippen LogP contribution in [0.15, 0.2) is 84.9 Å². The van der Waals surface area contributed by atoms with Crippen LogP contribution in [0, 0.1) is 37.0 Å². The molecule has 4 aromatic rings. The van der Waals surface area contributed by atoms with Gasteiger partial charge in [0.15, 0.2) is 0 Å². The van der Waals surface area contributed by atoms with E-state index >= 15 is 0 Å². The quantitative estimate of drug-likeness (QED) is 0.281. The van der Waals surface area contributed by atoms with Crippen molar-refractivity contribution in [3.63, 3.8) is 0 Å². The van der Waals surface area contributed by atoms with Crippen LogP contribution in [0.5, 0.6) is 0 Å². The van der Waals surface area contributed by atoms with E-state index in [2.05, 4.69) is 28.4 Å². The lowest BCUT2D eigenvalue weighted by molar-refractivity contribution is 0.0922. The zero-order valence-corrected chi connectivity index (χ0v) is 21.4. The molecule has 4 aromatic carbocycles. The second-order valence-corrected chi connectivity index (χ2v) is 8.97. The van der Waals surface area contributed by atoms with Gasteiger partial charge in [-0.2, -0.15) is 0 Å². The van der Waals surface area contributed by atoms with Gasteiger partial charge in [0.05, 0.1) is 16.8 Å². The fourth-order valence-electron chi connectivity index (χ4n) is 4.27. The summed E-state index contributed by atoms with van der Waals surface area (Å²) in [5.74, 6) is 5.08. The summed E-state index contributed by atoms with van der Waals surface area (Å²) in [4.78, 5) is 54.1. The van der Waals surface area contributed by atoms with Gasteiger partial charge in [0.1, 0.15) is 0 Å². The van der Waals surface area contributed by atoms with Gasteiger partial charge in [0, 0.05) is 39.2 Å². The SMILES string of the molecule is C#Cc1ccc(NC(=O)c2cc(C(=O)Nc3ccc(C#C)cc3)cc(N3C(=O)c4ccc(C#C)cc4C3=O)c2)cc1. The largest absolute Gasteiger partial charge is 0.322 e. The number of amides is 4. The first-order chi connectivity index (χ1) is 19.8. The average Bonchev–Trinajstić information content (AvgIpc) is 3.26. The number of nitrogens with one attached hydrogen (secondary N) is 2. The van der Waals surface area contributed by atoms with Crippen molar-refractivity contribution >= 4 is 40.7 Å². The lowest BCUT2D eigenvalue weighted by atomic mass is 10.1. The second kappa shape index (κ2) is 10.8. The number of carbonyl (C=O) groups excluding carboxylic acids is 4. The highest BCUT2D eigenvalue weighted by Crippen LogP contribution is 2.31. The Labute approximate surface area is 236 Å². The molecule has 0 fully saturated rings. The van der Waals surface area contributed by atoms with Gasteiger partial charge in [0.2, 0.25) is 0 Å². The number of benzene rings is 4. The molecule has 0 saturated heterocycles. The molecule has 0 saturated carbocycles. The number of hydrogen-bond acceptors (Lipinski definition) is 4. The molecule has 1 aliphatic heterocycles. The maximum absolute atomic E-state index is 13.3. The summed E-state index contributed by atoms with van der Waals surface area (Å²) in [7, 11) is 0. The van der Waals surface area contributed by atoms with Gasteiger partial charge < -0.3 is 10.6 Å². The summed E-state index contributed by atoms with van der Waals surface area (Å²) in [5, 5.41) is 5.48. The predicted octanol–water partition coefficient (Wildman–Crippen LogP) is 4.94. The van der Waals surface area contributed by atoms with Crippen molar-refractivity contribution in [3.05, 3.63) is 124 Å². The molecule has 41 heavy (non-hydrogen) atoms. The Hall–Kier alpha value is -6.36. The Morgan fingerprint density at radius 3 is 1.46 bits per heavy atom. The summed E-state index contributed by atoms with van der Waals surface area (Å²) >= 11 is 0. The number of fused-ring (bicyclic) bond motifs is 1. The minimum atomic E-state index is -0.624. The standard InChI is InChI=1S/C34H19N3O4/c1-4-21-7-12-26(13-8-21)35-31(38)24-18-25(32(39)36-27-14-9-22(5-2)10-15-27)20-28(19-24)37-33(40)29-16-11-23(6-3)17-30(29)34(37)41/h1-3,7-20H,(H,35,38)(H,36,39). The monoisotopic (exact) mass is 533 g/mol. The highest BCUT2D eigenvalue weighted by molar-refractivity contribution is 6.34. The molecule has 0 spiro atoms. The van der Waals surface area contributed by atoms with Gasteiger partial charge in [-0.3, -0.25) is 19.2 Å². The van der Waals surface area contributed by atoms with Crippen LogP contribution in [0.2, 0.25) is 0 Å². The Kier molecular flexibility index (Phi) is 6.91. The smallest absolute Gasteiger partial charge is 0.266 e. The molecule has 2 N–H and O–H groups in total. The van der Waals surface area contributed by atoms with E-state index in [4.69, 9.17) is 19.3 Å². The summed E-state index contributed by atoms with van der Waals surface area (Å²) in [6, 6.07) is 21.8. The number of carbonyl (C=O) groups is 4. The Balaban J connectivity index is 1.53. The normalized spacial score (nSPS) is 11.6. The zero-order valence-electron chi connectivity index (χ0n) is 21.4. The molecule has 0 unspecified atom stereocenters. The van der Waals surface area contributed by atoms with Crippen molar-refractivity contribution in [1.82, 2.24) is 0 Å². The number of hydrogen-bond donors (Lipinski definition) is 2. The average molecular weight is 534 g/mol. The third-order valence-electron chi connectivity index (χ3n) is 6.37. The maximum Gasteiger partial charge on any atom is 0.266 e. The maximum atomic E-state index is 13.3. The van der Waals surface area contributed by atoms with Crippen molar-refractivity contribution in [3.8, 4) is 37.0 Å².